The average Bonchev–Trinajstić information content (AvgIpc) is 3.36. The molecule has 4 aromatic rings. The summed E-state index contributed by atoms with van der Waals surface area (Å²) in [6, 6.07) is 16.7. The first-order valence-electron chi connectivity index (χ1n) is 11.4. The van der Waals surface area contributed by atoms with Crippen LogP contribution in [-0.4, -0.2) is 66.6 Å². The van der Waals surface area contributed by atoms with Crippen molar-refractivity contribution in [3.63, 3.8) is 0 Å². The minimum absolute atomic E-state index is 0.707. The van der Waals surface area contributed by atoms with Gasteiger partial charge in [-0.25, -0.2) is 9.97 Å². The molecule has 2 aromatic heterocycles. The Labute approximate surface area is 193 Å². The third-order valence-electron chi connectivity index (χ3n) is 5.88. The molecule has 1 aliphatic heterocycles. The number of fused-ring (bicyclic) bond motifs is 1. The molecule has 0 unspecified atom stereocenters. The molecule has 2 aromatic carbocycles. The minimum atomic E-state index is 0.707. The van der Waals surface area contributed by atoms with Gasteiger partial charge < -0.3 is 20.3 Å². The fourth-order valence-electron chi connectivity index (χ4n) is 4.11. The lowest BCUT2D eigenvalue weighted by atomic mass is 10.1. The molecule has 33 heavy (non-hydrogen) atoms. The number of aromatic nitrogens is 4. The van der Waals surface area contributed by atoms with Crippen molar-refractivity contribution < 1.29 is 4.74 Å². The zero-order chi connectivity index (χ0) is 22.5. The van der Waals surface area contributed by atoms with Crippen molar-refractivity contribution in [1.29, 1.82) is 0 Å². The maximum atomic E-state index is 5.56. The molecule has 0 spiro atoms. The van der Waals surface area contributed by atoms with E-state index >= 15 is 0 Å². The molecule has 3 heterocycles. The molecular weight excluding hydrogens is 414 g/mol. The molecule has 5 rings (SSSR count). The van der Waals surface area contributed by atoms with Gasteiger partial charge in [0.15, 0.2) is 5.82 Å². The van der Waals surface area contributed by atoms with Gasteiger partial charge in [-0.1, -0.05) is 30.3 Å². The molecule has 0 radical (unpaired) electrons. The van der Waals surface area contributed by atoms with Crippen LogP contribution >= 0.6 is 0 Å². The van der Waals surface area contributed by atoms with Crippen molar-refractivity contribution in [2.45, 2.75) is 6.54 Å². The van der Waals surface area contributed by atoms with Crippen LogP contribution in [0.1, 0.15) is 5.56 Å². The number of benzene rings is 2. The minimum Gasteiger partial charge on any atom is -0.378 e. The van der Waals surface area contributed by atoms with Crippen LogP contribution in [0.4, 0.5) is 5.82 Å². The maximum Gasteiger partial charge on any atom is 0.162 e. The smallest absolute Gasteiger partial charge is 0.162 e. The van der Waals surface area contributed by atoms with E-state index in [1.165, 1.54) is 5.56 Å². The van der Waals surface area contributed by atoms with Gasteiger partial charge in [-0.2, -0.15) is 5.10 Å². The van der Waals surface area contributed by atoms with Gasteiger partial charge in [-0.05, 0) is 24.7 Å². The first-order valence-corrected chi connectivity index (χ1v) is 11.4. The summed E-state index contributed by atoms with van der Waals surface area (Å²) in [6.45, 7) is 5.74. The Bertz CT molecular complexity index is 1220. The Morgan fingerprint density at radius 2 is 1.91 bits per heavy atom. The molecule has 0 aliphatic carbocycles. The number of ether oxygens (including phenoxy) is 1. The highest BCUT2D eigenvalue weighted by molar-refractivity contribution is 5.92. The topological polar surface area (TPSA) is 91.0 Å². The summed E-state index contributed by atoms with van der Waals surface area (Å²) in [4.78, 5) is 12.3. The normalized spacial score (nSPS) is 14.2. The van der Waals surface area contributed by atoms with Gasteiger partial charge in [0, 0.05) is 55.3 Å². The summed E-state index contributed by atoms with van der Waals surface area (Å²) < 4.78 is 5.56. The van der Waals surface area contributed by atoms with Crippen LogP contribution in [0.5, 0.6) is 0 Å². The van der Waals surface area contributed by atoms with E-state index in [0.717, 1.165) is 66.3 Å². The number of likely N-dealkylation sites (N-methyl/N-ethyl adjacent to an activating group) is 1. The lowest BCUT2D eigenvalue weighted by Crippen LogP contribution is -2.36. The number of H-pyrrole nitrogens is 1. The van der Waals surface area contributed by atoms with Gasteiger partial charge in [-0.15, -0.1) is 0 Å². The molecule has 8 heteroatoms. The van der Waals surface area contributed by atoms with E-state index in [2.05, 4.69) is 62.1 Å². The SMILES string of the molecule is CNCCNCc1cccc(-c2cc(N3CCOCC3)nc(-c3cccc4[nH]ncc34)n2)c1. The molecule has 0 bridgehead atoms. The number of morpholine rings is 1. The second-order valence-electron chi connectivity index (χ2n) is 8.15. The highest BCUT2D eigenvalue weighted by Crippen LogP contribution is 2.30. The zero-order valence-electron chi connectivity index (χ0n) is 18.8. The van der Waals surface area contributed by atoms with Gasteiger partial charge in [-0.3, -0.25) is 5.10 Å². The number of nitrogens with one attached hydrogen (secondary N) is 3. The number of rotatable bonds is 8. The maximum absolute atomic E-state index is 5.56. The number of nitrogens with zero attached hydrogens (tertiary/aromatic N) is 4. The summed E-state index contributed by atoms with van der Waals surface area (Å²) >= 11 is 0. The van der Waals surface area contributed by atoms with Gasteiger partial charge in [0.05, 0.1) is 30.6 Å². The predicted molar refractivity (Wildman–Crippen MR) is 131 cm³/mol. The monoisotopic (exact) mass is 443 g/mol. The van der Waals surface area contributed by atoms with E-state index in [4.69, 9.17) is 14.7 Å². The highest BCUT2D eigenvalue weighted by Gasteiger charge is 2.18. The molecule has 1 aliphatic rings. The second kappa shape index (κ2) is 10.1. The molecular formula is C25H29N7O. The Morgan fingerprint density at radius 3 is 2.79 bits per heavy atom. The Kier molecular flexibility index (Phi) is 6.57. The fourth-order valence-corrected chi connectivity index (χ4v) is 4.11. The van der Waals surface area contributed by atoms with Crippen LogP contribution < -0.4 is 15.5 Å². The van der Waals surface area contributed by atoms with Crippen molar-refractivity contribution in [2.75, 3.05) is 51.3 Å². The van der Waals surface area contributed by atoms with Crippen LogP contribution in [0.25, 0.3) is 33.5 Å². The van der Waals surface area contributed by atoms with Gasteiger partial charge in [0.25, 0.3) is 0 Å². The molecule has 0 atom stereocenters. The summed E-state index contributed by atoms with van der Waals surface area (Å²) in [7, 11) is 1.96. The van der Waals surface area contributed by atoms with E-state index in [-0.39, 0.29) is 0 Å². The van der Waals surface area contributed by atoms with E-state index in [1.54, 1.807) is 0 Å². The van der Waals surface area contributed by atoms with Gasteiger partial charge in [0.1, 0.15) is 5.82 Å². The van der Waals surface area contributed by atoms with Crippen molar-refractivity contribution in [2.24, 2.45) is 0 Å². The van der Waals surface area contributed by atoms with Crippen LogP contribution in [0, 0.1) is 0 Å². The van der Waals surface area contributed by atoms with Gasteiger partial charge in [0.2, 0.25) is 0 Å². The third-order valence-corrected chi connectivity index (χ3v) is 5.88. The standard InChI is InChI=1S/C25H29N7O/c1-26-8-9-27-16-18-4-2-5-19(14-18)23-15-24(32-10-12-33-13-11-32)30-25(29-23)20-6-3-7-22-21(20)17-28-31-22/h2-7,14-15,17,26-27H,8-13,16H2,1H3,(H,28,31). The molecule has 8 nitrogen and oxygen atoms in total. The summed E-state index contributed by atoms with van der Waals surface area (Å²) in [5.74, 6) is 1.63. The van der Waals surface area contributed by atoms with Crippen molar-refractivity contribution in [3.8, 4) is 22.6 Å². The fraction of sp³-hybridized carbons (Fsp3) is 0.320. The first kappa shape index (κ1) is 21.5. The van der Waals surface area contributed by atoms with E-state index in [9.17, 15) is 0 Å². The quantitative estimate of drug-likeness (QED) is 0.361. The summed E-state index contributed by atoms with van der Waals surface area (Å²) in [5.41, 5.74) is 5.18. The lowest BCUT2D eigenvalue weighted by Gasteiger charge is -2.28. The third kappa shape index (κ3) is 4.88. The molecule has 170 valence electrons. The lowest BCUT2D eigenvalue weighted by molar-refractivity contribution is 0.122. The summed E-state index contributed by atoms with van der Waals surface area (Å²) in [5, 5.41) is 14.9. The summed E-state index contributed by atoms with van der Waals surface area (Å²) in [6.07, 6.45) is 1.84. The number of aromatic amines is 1. The first-order chi connectivity index (χ1) is 16.3. The molecule has 1 saturated heterocycles. The molecule has 3 N–H and O–H groups in total. The second-order valence-corrected chi connectivity index (χ2v) is 8.15. The Morgan fingerprint density at radius 1 is 1.03 bits per heavy atom. The van der Waals surface area contributed by atoms with Crippen LogP contribution in [0.3, 0.4) is 0 Å². The zero-order valence-corrected chi connectivity index (χ0v) is 18.8. The number of hydrogen-bond acceptors (Lipinski definition) is 7. The molecule has 0 saturated carbocycles. The highest BCUT2D eigenvalue weighted by atomic mass is 16.5. The Balaban J connectivity index is 1.54. The van der Waals surface area contributed by atoms with E-state index < -0.39 is 0 Å². The molecule has 0 amide bonds. The molecule has 1 fully saturated rings. The van der Waals surface area contributed by atoms with Crippen LogP contribution in [-0.2, 0) is 11.3 Å². The number of hydrogen-bond donors (Lipinski definition) is 3. The van der Waals surface area contributed by atoms with Gasteiger partial charge >= 0.3 is 0 Å². The van der Waals surface area contributed by atoms with E-state index in [0.29, 0.717) is 19.0 Å². The predicted octanol–water partition coefficient (Wildman–Crippen LogP) is 2.83. The van der Waals surface area contributed by atoms with Crippen molar-refractivity contribution in [3.05, 3.63) is 60.3 Å². The Hall–Kier alpha value is -3.33. The average molecular weight is 444 g/mol. The van der Waals surface area contributed by atoms with Crippen LogP contribution in [0.2, 0.25) is 0 Å². The number of anilines is 1. The largest absolute Gasteiger partial charge is 0.378 e. The van der Waals surface area contributed by atoms with Crippen molar-refractivity contribution >= 4 is 16.7 Å². The van der Waals surface area contributed by atoms with E-state index in [1.807, 2.05) is 25.4 Å². The van der Waals surface area contributed by atoms with Crippen LogP contribution in [0.15, 0.2) is 54.7 Å². The van der Waals surface area contributed by atoms with Crippen molar-refractivity contribution in [1.82, 2.24) is 30.8 Å².